The largest absolute Gasteiger partial charge is 0.389 e. The van der Waals surface area contributed by atoms with Gasteiger partial charge in [0.1, 0.15) is 6.07 Å². The normalized spacial score (nSPS) is 12.1. The van der Waals surface area contributed by atoms with Gasteiger partial charge in [-0.15, -0.1) is 0 Å². The molecule has 4 nitrogen and oxygen atoms in total. The van der Waals surface area contributed by atoms with E-state index in [-0.39, 0.29) is 34.9 Å². The van der Waals surface area contributed by atoms with Crippen LogP contribution in [-0.4, -0.2) is 21.1 Å². The van der Waals surface area contributed by atoms with Gasteiger partial charge in [-0.2, -0.15) is 18.4 Å². The number of rotatable bonds is 6. The summed E-state index contributed by atoms with van der Waals surface area (Å²) in [6.45, 7) is -0.101. The lowest BCUT2D eigenvalue weighted by molar-refractivity contribution is -0.135. The van der Waals surface area contributed by atoms with Crippen molar-refractivity contribution in [3.05, 3.63) is 28.8 Å². The number of benzene rings is 1. The first-order valence-corrected chi connectivity index (χ1v) is 7.78. The van der Waals surface area contributed by atoms with Gasteiger partial charge in [-0.05, 0) is 31.0 Å². The van der Waals surface area contributed by atoms with E-state index in [1.807, 2.05) is 0 Å². The summed E-state index contributed by atoms with van der Waals surface area (Å²) in [6, 6.07) is 5.39. The molecule has 0 amide bonds. The summed E-state index contributed by atoms with van der Waals surface area (Å²) in [7, 11) is -3.85. The highest BCUT2D eigenvalue weighted by molar-refractivity contribution is 7.89. The van der Waals surface area contributed by atoms with Gasteiger partial charge in [-0.3, -0.25) is 0 Å². The van der Waals surface area contributed by atoms with E-state index >= 15 is 0 Å². The van der Waals surface area contributed by atoms with Crippen molar-refractivity contribution in [2.24, 2.45) is 0 Å². The van der Waals surface area contributed by atoms with Crippen LogP contribution in [0.5, 0.6) is 0 Å². The summed E-state index contributed by atoms with van der Waals surface area (Å²) in [5.74, 6) is 0. The van der Waals surface area contributed by atoms with Crippen LogP contribution in [0.1, 0.15) is 24.8 Å². The molecule has 0 unspecified atom stereocenters. The number of hydrogen-bond acceptors (Lipinski definition) is 3. The monoisotopic (exact) mass is 340 g/mol. The maximum atomic E-state index is 11.9. The molecule has 0 aliphatic heterocycles. The third kappa shape index (κ3) is 5.91. The van der Waals surface area contributed by atoms with Gasteiger partial charge in [0.15, 0.2) is 0 Å². The van der Waals surface area contributed by atoms with E-state index in [0.29, 0.717) is 0 Å². The number of hydrogen-bond donors (Lipinski definition) is 1. The second kappa shape index (κ2) is 7.11. The Morgan fingerprint density at radius 2 is 1.95 bits per heavy atom. The average Bonchev–Trinajstić information content (AvgIpc) is 2.36. The molecule has 0 aliphatic rings. The van der Waals surface area contributed by atoms with Crippen LogP contribution in [0.2, 0.25) is 5.02 Å². The van der Waals surface area contributed by atoms with E-state index in [2.05, 4.69) is 4.72 Å². The molecule has 0 aliphatic carbocycles. The number of unbranched alkanes of at least 4 members (excludes halogenated alkanes) is 1. The number of nitrogens with one attached hydrogen (secondary N) is 1. The number of alkyl halides is 3. The second-order valence-corrected chi connectivity index (χ2v) is 6.40. The van der Waals surface area contributed by atoms with Crippen molar-refractivity contribution < 1.29 is 21.6 Å². The minimum atomic E-state index is -4.24. The molecule has 0 heterocycles. The second-order valence-electron chi connectivity index (χ2n) is 4.22. The standard InChI is InChI=1S/C12H12ClF3N2O2S/c13-11-7-10(4-3-9(11)8-17)21(19,20)18-6-2-1-5-12(14,15)16/h3-4,7,18H,1-2,5-6H2. The van der Waals surface area contributed by atoms with Crippen molar-refractivity contribution in [3.8, 4) is 6.07 Å². The van der Waals surface area contributed by atoms with Gasteiger partial charge in [0.25, 0.3) is 0 Å². The third-order valence-corrected chi connectivity index (χ3v) is 4.32. The Morgan fingerprint density at radius 1 is 1.29 bits per heavy atom. The first kappa shape index (κ1) is 17.8. The molecule has 0 atom stereocenters. The van der Waals surface area contributed by atoms with Crippen molar-refractivity contribution in [2.75, 3.05) is 6.54 Å². The minimum absolute atomic E-state index is 0.00236. The van der Waals surface area contributed by atoms with Crippen molar-refractivity contribution in [2.45, 2.75) is 30.3 Å². The van der Waals surface area contributed by atoms with E-state index in [1.165, 1.54) is 12.1 Å². The Labute approximate surface area is 125 Å². The SMILES string of the molecule is N#Cc1ccc(S(=O)(=O)NCCCCC(F)(F)F)cc1Cl. The summed E-state index contributed by atoms with van der Waals surface area (Å²) >= 11 is 5.73. The minimum Gasteiger partial charge on any atom is -0.211 e. The lowest BCUT2D eigenvalue weighted by Crippen LogP contribution is -2.25. The van der Waals surface area contributed by atoms with Crippen LogP contribution in [0.25, 0.3) is 0 Å². The quantitative estimate of drug-likeness (QED) is 0.808. The predicted octanol–water partition coefficient (Wildman–Crippen LogP) is 3.22. The summed E-state index contributed by atoms with van der Waals surface area (Å²) in [5.41, 5.74) is 0.140. The van der Waals surface area contributed by atoms with Gasteiger partial charge in [-0.25, -0.2) is 13.1 Å². The van der Waals surface area contributed by atoms with E-state index in [9.17, 15) is 21.6 Å². The lowest BCUT2D eigenvalue weighted by atomic mass is 10.2. The third-order valence-electron chi connectivity index (χ3n) is 2.55. The van der Waals surface area contributed by atoms with Crippen LogP contribution in [0, 0.1) is 11.3 Å². The highest BCUT2D eigenvalue weighted by Crippen LogP contribution is 2.22. The van der Waals surface area contributed by atoms with Gasteiger partial charge >= 0.3 is 6.18 Å². The number of halogens is 4. The van der Waals surface area contributed by atoms with Crippen molar-refractivity contribution in [3.63, 3.8) is 0 Å². The van der Waals surface area contributed by atoms with E-state index in [0.717, 1.165) is 6.07 Å². The van der Waals surface area contributed by atoms with Crippen LogP contribution in [0.15, 0.2) is 23.1 Å². The lowest BCUT2D eigenvalue weighted by Gasteiger charge is -2.08. The summed E-state index contributed by atoms with van der Waals surface area (Å²) in [6.07, 6.45) is -5.26. The first-order chi connectivity index (χ1) is 9.65. The Kier molecular flexibility index (Phi) is 6.01. The fourth-order valence-corrected chi connectivity index (χ4v) is 2.88. The highest BCUT2D eigenvalue weighted by atomic mass is 35.5. The number of nitriles is 1. The molecule has 0 bridgehead atoms. The van der Waals surface area contributed by atoms with E-state index < -0.39 is 22.6 Å². The molecular weight excluding hydrogens is 329 g/mol. The molecule has 1 aromatic rings. The molecule has 1 aromatic carbocycles. The number of sulfonamides is 1. The van der Waals surface area contributed by atoms with Crippen molar-refractivity contribution in [1.82, 2.24) is 4.72 Å². The zero-order valence-corrected chi connectivity index (χ0v) is 12.3. The molecule has 1 N–H and O–H groups in total. The summed E-state index contributed by atoms with van der Waals surface area (Å²) in [4.78, 5) is -0.137. The van der Waals surface area contributed by atoms with Crippen LogP contribution in [0.3, 0.4) is 0 Å². The molecular formula is C12H12ClF3N2O2S. The average molecular weight is 341 g/mol. The van der Waals surface area contributed by atoms with Crippen LogP contribution in [-0.2, 0) is 10.0 Å². The molecule has 0 aromatic heterocycles. The van der Waals surface area contributed by atoms with Gasteiger partial charge in [0.05, 0.1) is 15.5 Å². The summed E-state index contributed by atoms with van der Waals surface area (Å²) in [5, 5.41) is 8.68. The molecule has 116 valence electrons. The molecule has 0 spiro atoms. The van der Waals surface area contributed by atoms with Gasteiger partial charge < -0.3 is 0 Å². The van der Waals surface area contributed by atoms with Gasteiger partial charge in [0.2, 0.25) is 10.0 Å². The zero-order chi connectivity index (χ0) is 16.1. The maximum Gasteiger partial charge on any atom is 0.389 e. The topological polar surface area (TPSA) is 70.0 Å². The molecule has 9 heteroatoms. The van der Waals surface area contributed by atoms with E-state index in [1.54, 1.807) is 6.07 Å². The van der Waals surface area contributed by atoms with Crippen LogP contribution < -0.4 is 4.72 Å². The Bertz CT molecular complexity index is 639. The zero-order valence-electron chi connectivity index (χ0n) is 10.7. The molecule has 0 saturated carbocycles. The fraction of sp³-hybridized carbons (Fsp3) is 0.417. The fourth-order valence-electron chi connectivity index (χ4n) is 1.49. The summed E-state index contributed by atoms with van der Waals surface area (Å²) < 4.78 is 61.7. The Hall–Kier alpha value is -1.30. The van der Waals surface area contributed by atoms with Crippen molar-refractivity contribution in [1.29, 1.82) is 5.26 Å². The number of nitrogens with zero attached hydrogens (tertiary/aromatic N) is 1. The first-order valence-electron chi connectivity index (χ1n) is 5.92. The Balaban J connectivity index is 2.58. The van der Waals surface area contributed by atoms with Crippen LogP contribution >= 0.6 is 11.6 Å². The smallest absolute Gasteiger partial charge is 0.211 e. The van der Waals surface area contributed by atoms with Gasteiger partial charge in [0, 0.05) is 13.0 Å². The van der Waals surface area contributed by atoms with E-state index in [4.69, 9.17) is 16.9 Å². The predicted molar refractivity (Wildman–Crippen MR) is 71.3 cm³/mol. The maximum absolute atomic E-state index is 11.9. The van der Waals surface area contributed by atoms with Crippen LogP contribution in [0.4, 0.5) is 13.2 Å². The molecule has 21 heavy (non-hydrogen) atoms. The molecule has 0 fully saturated rings. The van der Waals surface area contributed by atoms with Gasteiger partial charge in [-0.1, -0.05) is 11.6 Å². The Morgan fingerprint density at radius 3 is 2.48 bits per heavy atom. The highest BCUT2D eigenvalue weighted by Gasteiger charge is 2.26. The molecule has 0 radical (unpaired) electrons. The molecule has 1 rings (SSSR count). The van der Waals surface area contributed by atoms with Crippen molar-refractivity contribution >= 4 is 21.6 Å². The molecule has 0 saturated heterocycles.